The van der Waals surface area contributed by atoms with Gasteiger partial charge in [-0.05, 0) is 11.6 Å². The normalized spacial score (nSPS) is 16.5. The summed E-state index contributed by atoms with van der Waals surface area (Å²) in [5.41, 5.74) is 0.120. The molecule has 0 radical (unpaired) electrons. The summed E-state index contributed by atoms with van der Waals surface area (Å²) in [6.07, 6.45) is 1.09. The molecule has 1 aromatic carbocycles. The maximum atomic E-state index is 12.8. The van der Waals surface area contributed by atoms with Crippen molar-refractivity contribution < 1.29 is 9.72 Å². The van der Waals surface area contributed by atoms with Crippen molar-refractivity contribution in [2.45, 2.75) is 12.6 Å². The Kier molecular flexibility index (Phi) is 6.95. The number of carbonyl (C=O) groups excluding carboxylic acids is 1. The highest BCUT2D eigenvalue weighted by Crippen LogP contribution is 2.28. The Morgan fingerprint density at radius 2 is 2.04 bits per heavy atom. The number of nitrogens with one attached hydrogen (secondary N) is 1. The van der Waals surface area contributed by atoms with Gasteiger partial charge in [0.05, 0.1) is 17.2 Å². The van der Waals surface area contributed by atoms with Crippen LogP contribution in [-0.2, 0) is 11.3 Å². The summed E-state index contributed by atoms with van der Waals surface area (Å²) >= 11 is 6.27. The molecule has 1 saturated heterocycles. The van der Waals surface area contributed by atoms with E-state index in [0.29, 0.717) is 24.7 Å². The van der Waals surface area contributed by atoms with Crippen molar-refractivity contribution in [2.75, 3.05) is 19.6 Å². The number of nitrogens with zero attached hydrogens (tertiary/aromatic N) is 3. The minimum absolute atomic E-state index is 0. The summed E-state index contributed by atoms with van der Waals surface area (Å²) in [6.45, 7) is 1.36. The molecule has 1 fully saturated rings. The van der Waals surface area contributed by atoms with E-state index in [9.17, 15) is 19.7 Å². The molecule has 1 unspecified atom stereocenters. The van der Waals surface area contributed by atoms with Crippen molar-refractivity contribution in [3.8, 4) is 0 Å². The second kappa shape index (κ2) is 8.98. The third-order valence-corrected chi connectivity index (χ3v) is 4.66. The fraction of sp³-hybridized carbons (Fsp3) is 0.294. The third-order valence-electron chi connectivity index (χ3n) is 4.31. The molecule has 0 spiro atoms. The lowest BCUT2D eigenvalue weighted by Gasteiger charge is -2.37. The van der Waals surface area contributed by atoms with E-state index in [-0.39, 0.29) is 36.6 Å². The lowest BCUT2D eigenvalue weighted by atomic mass is 10.0. The van der Waals surface area contributed by atoms with E-state index >= 15 is 0 Å². The summed E-state index contributed by atoms with van der Waals surface area (Å²) in [7, 11) is 0. The number of hydrogen-bond acceptors (Lipinski definition) is 5. The monoisotopic (exact) mass is 412 g/mol. The Morgan fingerprint density at radius 1 is 1.30 bits per heavy atom. The zero-order valence-electron chi connectivity index (χ0n) is 14.2. The number of amides is 1. The zero-order valence-corrected chi connectivity index (χ0v) is 15.8. The lowest BCUT2D eigenvalue weighted by molar-refractivity contribution is -0.385. The van der Waals surface area contributed by atoms with Crippen LogP contribution in [0, 0.1) is 10.1 Å². The second-order valence-electron chi connectivity index (χ2n) is 5.94. The van der Waals surface area contributed by atoms with Crippen LogP contribution in [0.1, 0.15) is 11.6 Å². The molecule has 0 bridgehead atoms. The second-order valence-corrected chi connectivity index (χ2v) is 6.35. The van der Waals surface area contributed by atoms with Gasteiger partial charge in [-0.1, -0.05) is 29.8 Å². The average Bonchev–Trinajstić information content (AvgIpc) is 2.63. The van der Waals surface area contributed by atoms with Crippen LogP contribution in [0.15, 0.2) is 47.4 Å². The summed E-state index contributed by atoms with van der Waals surface area (Å²) in [4.78, 5) is 36.7. The summed E-state index contributed by atoms with van der Waals surface area (Å²) in [5.74, 6) is -0.293. The van der Waals surface area contributed by atoms with E-state index < -0.39 is 10.5 Å². The number of pyridine rings is 1. The van der Waals surface area contributed by atoms with Crippen LogP contribution in [0.4, 0.5) is 5.69 Å². The van der Waals surface area contributed by atoms with Crippen molar-refractivity contribution in [3.63, 3.8) is 0 Å². The standard InChI is InChI=1S/C17H17ClN4O4.ClH/c18-14-4-2-1-3-13(14)15-9-19-7-8-21(15)17(24)11-20-10-12(22(25)26)5-6-16(20)23;/h1-6,10,15,19H,7-9,11H2;1H. The van der Waals surface area contributed by atoms with Crippen molar-refractivity contribution >= 4 is 35.6 Å². The quantitative estimate of drug-likeness (QED) is 0.611. The molecule has 2 heterocycles. The molecular weight excluding hydrogens is 395 g/mol. The third kappa shape index (κ3) is 4.65. The van der Waals surface area contributed by atoms with E-state index in [1.165, 1.54) is 0 Å². The van der Waals surface area contributed by atoms with Crippen LogP contribution in [0.3, 0.4) is 0 Å². The summed E-state index contributed by atoms with van der Waals surface area (Å²) in [6, 6.07) is 9.24. The fourth-order valence-electron chi connectivity index (χ4n) is 3.01. The minimum Gasteiger partial charge on any atom is -0.331 e. The van der Waals surface area contributed by atoms with Crippen LogP contribution in [-0.4, -0.2) is 39.9 Å². The summed E-state index contributed by atoms with van der Waals surface area (Å²) in [5, 5.41) is 14.7. The van der Waals surface area contributed by atoms with E-state index in [2.05, 4.69) is 5.32 Å². The van der Waals surface area contributed by atoms with Crippen LogP contribution in [0.2, 0.25) is 5.02 Å². The highest BCUT2D eigenvalue weighted by Gasteiger charge is 2.29. The van der Waals surface area contributed by atoms with Gasteiger partial charge in [0, 0.05) is 36.8 Å². The molecule has 8 nitrogen and oxygen atoms in total. The first-order chi connectivity index (χ1) is 12.5. The Bertz CT molecular complexity index is 902. The molecule has 1 atom stereocenters. The van der Waals surface area contributed by atoms with Crippen molar-refractivity contribution in [2.24, 2.45) is 0 Å². The van der Waals surface area contributed by atoms with Gasteiger partial charge in [-0.2, -0.15) is 0 Å². The molecule has 3 rings (SSSR count). The molecular formula is C17H18Cl2N4O4. The Labute approximate surface area is 166 Å². The first-order valence-corrected chi connectivity index (χ1v) is 8.44. The Morgan fingerprint density at radius 3 is 2.74 bits per heavy atom. The fourth-order valence-corrected chi connectivity index (χ4v) is 3.27. The molecule has 0 saturated carbocycles. The van der Waals surface area contributed by atoms with Gasteiger partial charge in [-0.3, -0.25) is 24.3 Å². The maximum absolute atomic E-state index is 12.8. The average molecular weight is 413 g/mol. The number of benzene rings is 1. The molecule has 10 heteroatoms. The van der Waals surface area contributed by atoms with Crippen LogP contribution < -0.4 is 10.9 Å². The van der Waals surface area contributed by atoms with Gasteiger partial charge in [0.25, 0.3) is 11.2 Å². The van der Waals surface area contributed by atoms with Crippen LogP contribution >= 0.6 is 24.0 Å². The van der Waals surface area contributed by atoms with E-state index in [1.807, 2.05) is 18.2 Å². The van der Waals surface area contributed by atoms with E-state index in [1.54, 1.807) is 11.0 Å². The molecule has 1 aliphatic rings. The van der Waals surface area contributed by atoms with E-state index in [4.69, 9.17) is 11.6 Å². The SMILES string of the molecule is Cl.O=C(Cn1cc([N+](=O)[O-])ccc1=O)N1CCNCC1c1ccccc1Cl. The number of halogens is 2. The maximum Gasteiger partial charge on any atom is 0.285 e. The van der Waals surface area contributed by atoms with Gasteiger partial charge in [0.2, 0.25) is 5.91 Å². The summed E-state index contributed by atoms with van der Waals surface area (Å²) < 4.78 is 1.06. The smallest absolute Gasteiger partial charge is 0.285 e. The molecule has 1 amide bonds. The first kappa shape index (κ1) is 20.9. The van der Waals surface area contributed by atoms with Crippen molar-refractivity contribution in [3.05, 3.63) is 73.6 Å². The van der Waals surface area contributed by atoms with Gasteiger partial charge in [-0.25, -0.2) is 0 Å². The van der Waals surface area contributed by atoms with Crippen molar-refractivity contribution in [1.29, 1.82) is 0 Å². The number of carbonyl (C=O) groups is 1. The van der Waals surface area contributed by atoms with Gasteiger partial charge in [0.15, 0.2) is 0 Å². The van der Waals surface area contributed by atoms with Gasteiger partial charge in [-0.15, -0.1) is 12.4 Å². The van der Waals surface area contributed by atoms with Crippen LogP contribution in [0.5, 0.6) is 0 Å². The molecule has 27 heavy (non-hydrogen) atoms. The van der Waals surface area contributed by atoms with Crippen LogP contribution in [0.25, 0.3) is 0 Å². The lowest BCUT2D eigenvalue weighted by Crippen LogP contribution is -2.50. The number of piperazine rings is 1. The molecule has 1 aliphatic heterocycles. The molecule has 2 aromatic rings. The Balaban J connectivity index is 0.00000261. The highest BCUT2D eigenvalue weighted by atomic mass is 35.5. The first-order valence-electron chi connectivity index (χ1n) is 8.07. The number of hydrogen-bond donors (Lipinski definition) is 1. The number of rotatable bonds is 4. The highest BCUT2D eigenvalue weighted by molar-refractivity contribution is 6.31. The zero-order chi connectivity index (χ0) is 18.7. The topological polar surface area (TPSA) is 97.5 Å². The molecule has 1 aromatic heterocycles. The minimum atomic E-state index is -0.599. The Hall–Kier alpha value is -2.42. The molecule has 0 aliphatic carbocycles. The predicted octanol–water partition coefficient (Wildman–Crippen LogP) is 2.00. The molecule has 144 valence electrons. The van der Waals surface area contributed by atoms with Crippen molar-refractivity contribution in [1.82, 2.24) is 14.8 Å². The molecule has 1 N–H and O–H groups in total. The number of aromatic nitrogens is 1. The van der Waals surface area contributed by atoms with E-state index in [0.717, 1.165) is 28.5 Å². The van der Waals surface area contributed by atoms with Gasteiger partial charge < -0.3 is 10.2 Å². The van der Waals surface area contributed by atoms with Gasteiger partial charge >= 0.3 is 0 Å². The number of nitro groups is 1. The largest absolute Gasteiger partial charge is 0.331 e. The predicted molar refractivity (Wildman–Crippen MR) is 103 cm³/mol. The van der Waals surface area contributed by atoms with Gasteiger partial charge in [0.1, 0.15) is 6.54 Å².